The first-order valence-corrected chi connectivity index (χ1v) is 9.33. The highest BCUT2D eigenvalue weighted by Gasteiger charge is 2.08. The van der Waals surface area contributed by atoms with E-state index in [2.05, 4.69) is 66.2 Å². The van der Waals surface area contributed by atoms with Gasteiger partial charge in [0.2, 0.25) is 0 Å². The number of benzene rings is 2. The van der Waals surface area contributed by atoms with Crippen LogP contribution < -0.4 is 4.74 Å². The van der Waals surface area contributed by atoms with Crippen molar-refractivity contribution in [3.05, 3.63) is 66.7 Å². The molecular weight excluding hydrogens is 322 g/mol. The Labute approximate surface area is 155 Å². The van der Waals surface area contributed by atoms with Gasteiger partial charge < -0.3 is 14.4 Å². The number of aliphatic hydroxyl groups is 1. The largest absolute Gasteiger partial charge is 0.494 e. The van der Waals surface area contributed by atoms with Crippen LogP contribution in [0.3, 0.4) is 0 Å². The highest BCUT2D eigenvalue weighted by molar-refractivity contribution is 5.88. The second kappa shape index (κ2) is 9.25. The number of nitrogens with zero attached hydrogens (tertiary/aromatic N) is 1. The zero-order valence-corrected chi connectivity index (χ0v) is 15.4. The quantitative estimate of drug-likeness (QED) is 0.418. The van der Waals surface area contributed by atoms with Gasteiger partial charge in [0.15, 0.2) is 0 Å². The van der Waals surface area contributed by atoms with E-state index in [9.17, 15) is 0 Å². The number of allylic oxidation sites excluding steroid dienone is 2. The van der Waals surface area contributed by atoms with E-state index in [4.69, 9.17) is 9.84 Å². The molecule has 0 bridgehead atoms. The zero-order valence-electron chi connectivity index (χ0n) is 15.4. The van der Waals surface area contributed by atoms with Gasteiger partial charge in [0.25, 0.3) is 0 Å². The van der Waals surface area contributed by atoms with Crippen molar-refractivity contribution in [1.29, 1.82) is 0 Å². The van der Waals surface area contributed by atoms with Crippen LogP contribution in [0.15, 0.2) is 66.7 Å². The number of unbranched alkanes of at least 4 members (excludes halogenated alkanes) is 2. The van der Waals surface area contributed by atoms with Crippen LogP contribution in [0, 0.1) is 0 Å². The summed E-state index contributed by atoms with van der Waals surface area (Å²) in [6, 6.07) is 19.0. The van der Waals surface area contributed by atoms with Crippen LogP contribution in [0.2, 0.25) is 0 Å². The number of hydrogen-bond acceptors (Lipinski definition) is 2. The molecule has 0 unspecified atom stereocenters. The van der Waals surface area contributed by atoms with Crippen LogP contribution in [0.4, 0.5) is 0 Å². The fraction of sp³-hybridized carbons (Fsp3) is 0.304. The van der Waals surface area contributed by atoms with Crippen molar-refractivity contribution in [2.45, 2.75) is 25.7 Å². The highest BCUT2D eigenvalue weighted by Crippen LogP contribution is 2.29. The lowest BCUT2D eigenvalue weighted by molar-refractivity contribution is 0.289. The van der Waals surface area contributed by atoms with Crippen LogP contribution in [-0.2, 0) is 7.05 Å². The van der Waals surface area contributed by atoms with Gasteiger partial charge in [0, 0.05) is 30.8 Å². The minimum atomic E-state index is 0.265. The summed E-state index contributed by atoms with van der Waals surface area (Å²) in [5.41, 5.74) is 3.62. The minimum Gasteiger partial charge on any atom is -0.494 e. The van der Waals surface area contributed by atoms with Crippen molar-refractivity contribution < 1.29 is 9.84 Å². The standard InChI is InChI=1S/C23H27NO2/c1-24-22(19-11-7-6-8-12-19)17-20-13-14-21(18-23(20)24)26-16-10-5-3-2-4-9-15-25/h2-3,6-8,11-14,17-18,25H,4-5,9-10,15-16H2,1H3/b3-2+. The topological polar surface area (TPSA) is 34.4 Å². The van der Waals surface area contributed by atoms with Crippen LogP contribution in [-0.4, -0.2) is 22.9 Å². The molecule has 3 aromatic rings. The molecule has 0 aliphatic heterocycles. The Morgan fingerprint density at radius 2 is 1.73 bits per heavy atom. The average molecular weight is 349 g/mol. The summed E-state index contributed by atoms with van der Waals surface area (Å²) >= 11 is 0. The van der Waals surface area contributed by atoms with Gasteiger partial charge in [0.1, 0.15) is 5.75 Å². The molecule has 1 heterocycles. The maximum Gasteiger partial charge on any atom is 0.121 e. The lowest BCUT2D eigenvalue weighted by Gasteiger charge is -2.07. The molecule has 0 saturated carbocycles. The maximum absolute atomic E-state index is 8.74. The molecule has 1 aromatic heterocycles. The minimum absolute atomic E-state index is 0.265. The second-order valence-electron chi connectivity index (χ2n) is 6.50. The molecule has 0 aliphatic carbocycles. The van der Waals surface area contributed by atoms with Crippen molar-refractivity contribution in [3.63, 3.8) is 0 Å². The smallest absolute Gasteiger partial charge is 0.121 e. The Hall–Kier alpha value is -2.52. The van der Waals surface area contributed by atoms with Crippen molar-refractivity contribution in [1.82, 2.24) is 4.57 Å². The molecule has 1 N–H and O–H groups in total. The van der Waals surface area contributed by atoms with E-state index in [-0.39, 0.29) is 6.61 Å². The van der Waals surface area contributed by atoms with Gasteiger partial charge in [-0.05, 0) is 49.4 Å². The fourth-order valence-electron chi connectivity index (χ4n) is 3.12. The van der Waals surface area contributed by atoms with Gasteiger partial charge in [-0.2, -0.15) is 0 Å². The Morgan fingerprint density at radius 1 is 0.962 bits per heavy atom. The van der Waals surface area contributed by atoms with Gasteiger partial charge in [-0.3, -0.25) is 0 Å². The molecule has 136 valence electrons. The van der Waals surface area contributed by atoms with Crippen LogP contribution in [0.25, 0.3) is 22.2 Å². The Bertz CT molecular complexity index is 849. The zero-order chi connectivity index (χ0) is 18.2. The first-order chi connectivity index (χ1) is 12.8. The molecular formula is C23H27NO2. The normalized spacial score (nSPS) is 11.5. The lowest BCUT2D eigenvalue weighted by Crippen LogP contribution is -1.97. The molecule has 0 fully saturated rings. The molecule has 3 heteroatoms. The predicted octanol–water partition coefficient (Wildman–Crippen LogP) is 5.33. The summed E-state index contributed by atoms with van der Waals surface area (Å²) < 4.78 is 8.15. The molecule has 26 heavy (non-hydrogen) atoms. The van der Waals surface area contributed by atoms with Gasteiger partial charge in [-0.15, -0.1) is 0 Å². The third-order valence-corrected chi connectivity index (χ3v) is 4.57. The Balaban J connectivity index is 1.61. The monoisotopic (exact) mass is 349 g/mol. The molecule has 3 rings (SSSR count). The lowest BCUT2D eigenvalue weighted by atomic mass is 10.1. The number of fused-ring (bicyclic) bond motifs is 1. The summed E-state index contributed by atoms with van der Waals surface area (Å²) in [6.07, 6.45) is 8.11. The van der Waals surface area contributed by atoms with Crippen molar-refractivity contribution in [2.75, 3.05) is 13.2 Å². The fourth-order valence-corrected chi connectivity index (χ4v) is 3.12. The molecule has 0 amide bonds. The molecule has 0 saturated heterocycles. The number of aliphatic hydroxyl groups excluding tert-OH is 1. The molecule has 3 nitrogen and oxygen atoms in total. The van der Waals surface area contributed by atoms with E-state index in [1.165, 1.54) is 22.2 Å². The first-order valence-electron chi connectivity index (χ1n) is 9.33. The van der Waals surface area contributed by atoms with Crippen LogP contribution in [0.1, 0.15) is 25.7 Å². The second-order valence-corrected chi connectivity index (χ2v) is 6.50. The van der Waals surface area contributed by atoms with Gasteiger partial charge in [0.05, 0.1) is 12.1 Å². The Morgan fingerprint density at radius 3 is 2.50 bits per heavy atom. The van der Waals surface area contributed by atoms with E-state index in [0.29, 0.717) is 6.61 Å². The van der Waals surface area contributed by atoms with Crippen molar-refractivity contribution >= 4 is 10.9 Å². The van der Waals surface area contributed by atoms with E-state index in [1.54, 1.807) is 0 Å². The summed E-state index contributed by atoms with van der Waals surface area (Å²) in [6.45, 7) is 0.979. The summed E-state index contributed by atoms with van der Waals surface area (Å²) in [7, 11) is 2.10. The molecule has 0 spiro atoms. The summed E-state index contributed by atoms with van der Waals surface area (Å²) in [5, 5.41) is 9.97. The van der Waals surface area contributed by atoms with Gasteiger partial charge in [-0.1, -0.05) is 42.5 Å². The van der Waals surface area contributed by atoms with Crippen molar-refractivity contribution in [2.24, 2.45) is 7.05 Å². The first kappa shape index (κ1) is 18.3. The van der Waals surface area contributed by atoms with Crippen molar-refractivity contribution in [3.8, 4) is 17.0 Å². The Kier molecular flexibility index (Phi) is 6.50. The van der Waals surface area contributed by atoms with Gasteiger partial charge >= 0.3 is 0 Å². The van der Waals surface area contributed by atoms with Gasteiger partial charge in [-0.25, -0.2) is 0 Å². The number of aryl methyl sites for hydroxylation is 1. The number of aromatic nitrogens is 1. The number of hydrogen-bond donors (Lipinski definition) is 1. The molecule has 0 radical (unpaired) electrons. The van der Waals surface area contributed by atoms with Crippen LogP contribution >= 0.6 is 0 Å². The molecule has 0 aliphatic rings. The third kappa shape index (κ3) is 4.55. The molecule has 2 aromatic carbocycles. The summed E-state index contributed by atoms with van der Waals surface area (Å²) in [5.74, 6) is 0.919. The summed E-state index contributed by atoms with van der Waals surface area (Å²) in [4.78, 5) is 0. The van der Waals surface area contributed by atoms with E-state index < -0.39 is 0 Å². The number of ether oxygens (including phenoxy) is 1. The maximum atomic E-state index is 8.74. The van der Waals surface area contributed by atoms with Crippen LogP contribution in [0.5, 0.6) is 5.75 Å². The predicted molar refractivity (Wildman–Crippen MR) is 109 cm³/mol. The third-order valence-electron chi connectivity index (χ3n) is 4.57. The van der Waals surface area contributed by atoms with E-state index >= 15 is 0 Å². The SMILES string of the molecule is Cn1c(-c2ccccc2)cc2ccc(OCCC/C=C/CCCO)cc21. The average Bonchev–Trinajstić information content (AvgIpc) is 3.01. The molecule has 0 atom stereocenters. The van der Waals surface area contributed by atoms with E-state index in [1.807, 2.05) is 12.1 Å². The van der Waals surface area contributed by atoms with E-state index in [0.717, 1.165) is 31.4 Å². The highest BCUT2D eigenvalue weighted by atomic mass is 16.5. The number of rotatable bonds is 9.